The first-order chi connectivity index (χ1) is 29.2. The van der Waals surface area contributed by atoms with E-state index < -0.39 is 0 Å². The van der Waals surface area contributed by atoms with Gasteiger partial charge in [0.1, 0.15) is 0 Å². The normalized spacial score (nSPS) is 11.4. The second-order valence-corrected chi connectivity index (χ2v) is 15.3. The average molecular weight is 750 g/mol. The molecule has 0 saturated carbocycles. The van der Waals surface area contributed by atoms with Crippen molar-refractivity contribution in [2.45, 2.75) is 0 Å². The quantitative estimate of drug-likeness (QED) is 0.147. The molecule has 1 nitrogen and oxygen atoms in total. The lowest BCUT2D eigenvalue weighted by Gasteiger charge is -2.29. The van der Waals surface area contributed by atoms with Gasteiger partial charge < -0.3 is 4.90 Å². The van der Waals surface area contributed by atoms with Crippen LogP contribution in [0.1, 0.15) is 0 Å². The molecule has 11 aromatic carbocycles. The zero-order valence-corrected chi connectivity index (χ0v) is 32.5. The minimum atomic E-state index is 1.09. The number of rotatable bonds is 7. The highest BCUT2D eigenvalue weighted by Gasteiger charge is 2.21. The largest absolute Gasteiger partial charge is 0.310 e. The van der Waals surface area contributed by atoms with Gasteiger partial charge in [-0.25, -0.2) is 0 Å². The first-order valence-electron chi connectivity index (χ1n) is 20.3. The predicted octanol–water partition coefficient (Wildman–Crippen LogP) is 16.4. The van der Waals surface area contributed by atoms with Gasteiger partial charge in [-0.3, -0.25) is 0 Å². The molecule has 1 heteroatoms. The molecule has 0 amide bonds. The van der Waals surface area contributed by atoms with E-state index in [-0.39, 0.29) is 0 Å². The summed E-state index contributed by atoms with van der Waals surface area (Å²) in [6.07, 6.45) is 0. The van der Waals surface area contributed by atoms with Crippen LogP contribution in [-0.2, 0) is 0 Å². The summed E-state index contributed by atoms with van der Waals surface area (Å²) in [4.78, 5) is 2.43. The van der Waals surface area contributed by atoms with Crippen molar-refractivity contribution in [3.63, 3.8) is 0 Å². The predicted molar refractivity (Wildman–Crippen MR) is 253 cm³/mol. The third-order valence-electron chi connectivity index (χ3n) is 11.8. The Kier molecular flexibility index (Phi) is 8.56. The maximum Gasteiger partial charge on any atom is 0.0540 e. The molecule has 59 heavy (non-hydrogen) atoms. The molecule has 0 heterocycles. The number of hydrogen-bond donors (Lipinski definition) is 0. The van der Waals surface area contributed by atoms with Crippen molar-refractivity contribution in [1.82, 2.24) is 0 Å². The number of benzene rings is 11. The summed E-state index contributed by atoms with van der Waals surface area (Å²) < 4.78 is 0. The lowest BCUT2D eigenvalue weighted by atomic mass is 9.89. The maximum absolute atomic E-state index is 2.43. The summed E-state index contributed by atoms with van der Waals surface area (Å²) in [6.45, 7) is 0. The van der Waals surface area contributed by atoms with E-state index in [4.69, 9.17) is 0 Å². The molecule has 0 aliphatic heterocycles. The smallest absolute Gasteiger partial charge is 0.0540 e. The molecular weight excluding hydrogens is 711 g/mol. The van der Waals surface area contributed by atoms with Crippen LogP contribution in [-0.4, -0.2) is 0 Å². The maximum atomic E-state index is 2.43. The third kappa shape index (κ3) is 6.30. The van der Waals surface area contributed by atoms with Crippen LogP contribution in [0.3, 0.4) is 0 Å². The van der Waals surface area contributed by atoms with Crippen LogP contribution >= 0.6 is 0 Å². The van der Waals surface area contributed by atoms with Gasteiger partial charge in [-0.05, 0) is 131 Å². The Morgan fingerprint density at radius 3 is 1.27 bits per heavy atom. The van der Waals surface area contributed by atoms with E-state index in [1.165, 1.54) is 87.6 Å². The Morgan fingerprint density at radius 2 is 0.644 bits per heavy atom. The fraction of sp³-hybridized carbons (Fsp3) is 0. The highest BCUT2D eigenvalue weighted by atomic mass is 15.1. The van der Waals surface area contributed by atoms with Crippen molar-refractivity contribution in [1.29, 1.82) is 0 Å². The molecule has 0 fully saturated rings. The van der Waals surface area contributed by atoms with E-state index >= 15 is 0 Å². The zero-order valence-electron chi connectivity index (χ0n) is 32.5. The molecular formula is C58H39N. The number of anilines is 3. The van der Waals surface area contributed by atoms with Crippen LogP contribution in [0.4, 0.5) is 17.1 Å². The molecule has 11 aromatic rings. The molecule has 0 N–H and O–H groups in total. The molecule has 0 bridgehead atoms. The topological polar surface area (TPSA) is 3.24 Å². The summed E-state index contributed by atoms with van der Waals surface area (Å²) in [6, 6.07) is 86.4. The summed E-state index contributed by atoms with van der Waals surface area (Å²) in [7, 11) is 0. The minimum Gasteiger partial charge on any atom is -0.310 e. The van der Waals surface area contributed by atoms with Crippen LogP contribution in [0.15, 0.2) is 237 Å². The van der Waals surface area contributed by atoms with Crippen LogP contribution < -0.4 is 4.90 Å². The summed E-state index contributed by atoms with van der Waals surface area (Å²) >= 11 is 0. The van der Waals surface area contributed by atoms with Crippen molar-refractivity contribution in [2.75, 3.05) is 4.90 Å². The van der Waals surface area contributed by atoms with Crippen LogP contribution in [0.25, 0.3) is 87.6 Å². The van der Waals surface area contributed by atoms with E-state index in [9.17, 15) is 0 Å². The minimum absolute atomic E-state index is 1.09. The molecule has 276 valence electrons. The monoisotopic (exact) mass is 749 g/mol. The lowest BCUT2D eigenvalue weighted by Crippen LogP contribution is -2.11. The molecule has 0 saturated heterocycles. The average Bonchev–Trinajstić information content (AvgIpc) is 3.32. The third-order valence-corrected chi connectivity index (χ3v) is 11.8. The van der Waals surface area contributed by atoms with E-state index in [1.54, 1.807) is 0 Å². The second-order valence-electron chi connectivity index (χ2n) is 15.3. The summed E-state index contributed by atoms with van der Waals surface area (Å²) in [5, 5.41) is 10.00. The van der Waals surface area contributed by atoms with Crippen molar-refractivity contribution >= 4 is 60.2 Å². The molecule has 0 aliphatic carbocycles. The molecule has 11 rings (SSSR count). The van der Waals surface area contributed by atoms with Gasteiger partial charge in [0, 0.05) is 16.9 Å². The first kappa shape index (κ1) is 34.5. The van der Waals surface area contributed by atoms with Gasteiger partial charge in [-0.1, -0.05) is 188 Å². The SMILES string of the molecule is c1ccc(-c2ccc(N(c3ccc(-c4ccccc4)cc3)c3ccc(-c4ccc5ccc6ccccc6c5c4)cc3-c3cc4ccccc4c4ccccc34)cc2)cc1. The highest BCUT2D eigenvalue weighted by molar-refractivity contribution is 6.15. The Morgan fingerprint density at radius 1 is 0.220 bits per heavy atom. The van der Waals surface area contributed by atoms with Gasteiger partial charge in [0.2, 0.25) is 0 Å². The number of nitrogens with zero attached hydrogens (tertiary/aromatic N) is 1. The number of fused-ring (bicyclic) bond motifs is 6. The Labute approximate surface area is 344 Å². The second kappa shape index (κ2) is 14.6. The first-order valence-corrected chi connectivity index (χ1v) is 20.3. The summed E-state index contributed by atoms with van der Waals surface area (Å²) in [5.74, 6) is 0. The van der Waals surface area contributed by atoms with Gasteiger partial charge in [-0.15, -0.1) is 0 Å². The van der Waals surface area contributed by atoms with Gasteiger partial charge in [0.15, 0.2) is 0 Å². The van der Waals surface area contributed by atoms with Crippen LogP contribution in [0.2, 0.25) is 0 Å². The molecule has 0 spiro atoms. The van der Waals surface area contributed by atoms with Gasteiger partial charge in [0.25, 0.3) is 0 Å². The molecule has 0 aromatic heterocycles. The van der Waals surface area contributed by atoms with Crippen LogP contribution in [0.5, 0.6) is 0 Å². The molecule has 0 aliphatic rings. The van der Waals surface area contributed by atoms with E-state index in [1.807, 2.05) is 0 Å². The summed E-state index contributed by atoms with van der Waals surface area (Å²) in [5.41, 5.74) is 12.8. The highest BCUT2D eigenvalue weighted by Crippen LogP contribution is 2.46. The molecule has 0 atom stereocenters. The standard InChI is InChI=1S/C58H39N/c1-3-13-40(14-4-1)42-27-32-49(33-28-42)59(50-34-29-43(30-35-50)41-15-5-2-6-16-41)58-36-31-47(46-26-25-45-24-23-44-17-7-9-19-51(44)55(45)37-46)38-57(58)56-39-48-18-8-10-20-52(48)53-21-11-12-22-54(53)56/h1-39H. The van der Waals surface area contributed by atoms with Crippen molar-refractivity contribution < 1.29 is 0 Å². The molecule has 0 unspecified atom stereocenters. The van der Waals surface area contributed by atoms with Crippen molar-refractivity contribution in [2.24, 2.45) is 0 Å². The molecule has 0 radical (unpaired) electrons. The van der Waals surface area contributed by atoms with Crippen molar-refractivity contribution in [3.05, 3.63) is 237 Å². The number of hydrogen-bond acceptors (Lipinski definition) is 1. The Balaban J connectivity index is 1.16. The fourth-order valence-corrected chi connectivity index (χ4v) is 8.88. The van der Waals surface area contributed by atoms with E-state index in [2.05, 4.69) is 241 Å². The fourth-order valence-electron chi connectivity index (χ4n) is 8.88. The van der Waals surface area contributed by atoms with E-state index in [0.29, 0.717) is 0 Å². The van der Waals surface area contributed by atoms with Gasteiger partial charge in [0.05, 0.1) is 5.69 Å². The van der Waals surface area contributed by atoms with Crippen LogP contribution in [0, 0.1) is 0 Å². The zero-order chi connectivity index (χ0) is 39.1. The Hall–Kier alpha value is -7.74. The lowest BCUT2D eigenvalue weighted by molar-refractivity contribution is 1.28. The van der Waals surface area contributed by atoms with Crippen molar-refractivity contribution in [3.8, 4) is 44.5 Å². The van der Waals surface area contributed by atoms with Gasteiger partial charge >= 0.3 is 0 Å². The van der Waals surface area contributed by atoms with Gasteiger partial charge in [-0.2, -0.15) is 0 Å². The Bertz CT molecular complexity index is 3210. The van der Waals surface area contributed by atoms with E-state index in [0.717, 1.165) is 17.1 Å².